The molecule has 20 heavy (non-hydrogen) atoms. The molecule has 0 radical (unpaired) electrons. The minimum absolute atomic E-state index is 0.0604. The summed E-state index contributed by atoms with van der Waals surface area (Å²) in [7, 11) is 0. The van der Waals surface area contributed by atoms with Crippen molar-refractivity contribution in [1.29, 1.82) is 0 Å². The van der Waals surface area contributed by atoms with Crippen LogP contribution in [0.25, 0.3) is 0 Å². The second kappa shape index (κ2) is 6.35. The predicted molar refractivity (Wildman–Crippen MR) is 87.9 cm³/mol. The molecule has 0 aliphatic carbocycles. The number of carbonyl (C=O) groups is 1. The maximum atomic E-state index is 12.6. The van der Waals surface area contributed by atoms with Gasteiger partial charge in [-0.2, -0.15) is 0 Å². The molecule has 110 valence electrons. The number of benzene rings is 1. The van der Waals surface area contributed by atoms with E-state index in [4.69, 9.17) is 34.8 Å². The Kier molecular flexibility index (Phi) is 5.17. The van der Waals surface area contributed by atoms with Crippen molar-refractivity contribution in [1.82, 2.24) is 4.90 Å². The molecule has 2 rings (SSSR count). The molecule has 1 aliphatic heterocycles. The summed E-state index contributed by atoms with van der Waals surface area (Å²) < 4.78 is 0. The molecule has 1 heterocycles. The summed E-state index contributed by atoms with van der Waals surface area (Å²) in [6, 6.07) is 5.41. The first-order chi connectivity index (χ1) is 9.36. The molecule has 0 spiro atoms. The number of rotatable bonds is 3. The van der Waals surface area contributed by atoms with E-state index in [2.05, 4.69) is 0 Å². The van der Waals surface area contributed by atoms with E-state index in [0.29, 0.717) is 22.5 Å². The fraction of sp³-hybridized carbons (Fsp3) is 0.500. The zero-order valence-corrected chi connectivity index (χ0v) is 14.4. The summed E-state index contributed by atoms with van der Waals surface area (Å²) in [6.07, 6.45) is 0. The van der Waals surface area contributed by atoms with Crippen molar-refractivity contribution < 1.29 is 4.79 Å². The molecule has 0 aromatic heterocycles. The third-order valence-corrected chi connectivity index (χ3v) is 5.77. The Morgan fingerprint density at radius 3 is 2.75 bits per heavy atom. The van der Waals surface area contributed by atoms with Crippen LogP contribution in [-0.4, -0.2) is 29.0 Å². The number of nitrogens with zero attached hydrogens (tertiary/aromatic N) is 1. The molecule has 2 nitrogen and oxygen atoms in total. The van der Waals surface area contributed by atoms with Crippen LogP contribution in [0.4, 0.5) is 0 Å². The molecule has 0 saturated carbocycles. The van der Waals surface area contributed by atoms with E-state index in [1.54, 1.807) is 23.9 Å². The Balaban J connectivity index is 2.30. The maximum Gasteiger partial charge on any atom is 0.230 e. The van der Waals surface area contributed by atoms with Crippen molar-refractivity contribution >= 4 is 52.5 Å². The van der Waals surface area contributed by atoms with Gasteiger partial charge in [-0.05, 0) is 26.0 Å². The highest BCUT2D eigenvalue weighted by molar-refractivity contribution is 7.99. The van der Waals surface area contributed by atoms with Gasteiger partial charge in [0, 0.05) is 33.8 Å². The number of hydrogen-bond donors (Lipinski definition) is 0. The average molecular weight is 353 g/mol. The van der Waals surface area contributed by atoms with Crippen LogP contribution in [-0.2, 0) is 4.79 Å². The van der Waals surface area contributed by atoms with E-state index in [-0.39, 0.29) is 11.3 Å². The third kappa shape index (κ3) is 3.22. The summed E-state index contributed by atoms with van der Waals surface area (Å²) in [5.74, 6) is 1.26. The van der Waals surface area contributed by atoms with Gasteiger partial charge in [-0.15, -0.1) is 23.4 Å². The van der Waals surface area contributed by atoms with Gasteiger partial charge in [0.1, 0.15) is 5.37 Å². The molecule has 1 aliphatic rings. The molecule has 1 fully saturated rings. The first-order valence-corrected chi connectivity index (χ1v) is 8.64. The van der Waals surface area contributed by atoms with E-state index in [1.165, 1.54) is 0 Å². The van der Waals surface area contributed by atoms with E-state index < -0.39 is 5.41 Å². The molecule has 1 aromatic rings. The van der Waals surface area contributed by atoms with Crippen LogP contribution in [0.1, 0.15) is 24.8 Å². The molecule has 6 heteroatoms. The Morgan fingerprint density at radius 2 is 2.15 bits per heavy atom. The maximum absolute atomic E-state index is 12.6. The SMILES string of the molecule is CC(C)(CCl)C(=O)N1CCSC1c1ccc(Cl)cc1Cl. The first-order valence-electron chi connectivity index (χ1n) is 6.30. The van der Waals surface area contributed by atoms with Gasteiger partial charge < -0.3 is 4.90 Å². The van der Waals surface area contributed by atoms with Gasteiger partial charge in [0.15, 0.2) is 0 Å². The van der Waals surface area contributed by atoms with Crippen molar-refractivity contribution in [3.63, 3.8) is 0 Å². The monoisotopic (exact) mass is 351 g/mol. The molecule has 1 aromatic carbocycles. The van der Waals surface area contributed by atoms with Gasteiger partial charge in [0.2, 0.25) is 5.91 Å². The van der Waals surface area contributed by atoms with Crippen LogP contribution in [0.2, 0.25) is 10.0 Å². The number of amides is 1. The zero-order valence-electron chi connectivity index (χ0n) is 11.3. The van der Waals surface area contributed by atoms with Crippen molar-refractivity contribution in [2.45, 2.75) is 19.2 Å². The molecule has 1 atom stereocenters. The van der Waals surface area contributed by atoms with Crippen LogP contribution in [0, 0.1) is 5.41 Å². The Hall–Kier alpha value is -0.0900. The molecular weight excluding hydrogens is 337 g/mol. The van der Waals surface area contributed by atoms with Gasteiger partial charge in [0.05, 0.1) is 5.41 Å². The van der Waals surface area contributed by atoms with Crippen LogP contribution in [0.15, 0.2) is 18.2 Å². The number of halogens is 3. The second-order valence-corrected chi connectivity index (χ2v) is 7.70. The number of alkyl halides is 1. The van der Waals surface area contributed by atoms with Crippen LogP contribution in [0.5, 0.6) is 0 Å². The largest absolute Gasteiger partial charge is 0.325 e. The van der Waals surface area contributed by atoms with E-state index in [9.17, 15) is 4.79 Å². The van der Waals surface area contributed by atoms with Crippen molar-refractivity contribution in [2.24, 2.45) is 5.41 Å². The van der Waals surface area contributed by atoms with Gasteiger partial charge in [-0.25, -0.2) is 0 Å². The molecule has 1 unspecified atom stereocenters. The molecule has 0 bridgehead atoms. The molecule has 1 amide bonds. The van der Waals surface area contributed by atoms with E-state index in [0.717, 1.165) is 11.3 Å². The average Bonchev–Trinajstić information content (AvgIpc) is 2.86. The molecule has 0 N–H and O–H groups in total. The fourth-order valence-electron chi connectivity index (χ4n) is 2.08. The van der Waals surface area contributed by atoms with Crippen LogP contribution < -0.4 is 0 Å². The standard InChI is InChI=1S/C14H16Cl3NOS/c1-14(2,8-15)13(19)18-5-6-20-12(18)10-4-3-9(16)7-11(10)17/h3-4,7,12H,5-6,8H2,1-2H3. The zero-order chi connectivity index (χ0) is 14.9. The highest BCUT2D eigenvalue weighted by atomic mass is 35.5. The molecule has 1 saturated heterocycles. The second-order valence-electron chi connectivity index (χ2n) is 5.41. The quantitative estimate of drug-likeness (QED) is 0.726. The van der Waals surface area contributed by atoms with Crippen LogP contribution in [0.3, 0.4) is 0 Å². The summed E-state index contributed by atoms with van der Waals surface area (Å²) >= 11 is 19.8. The Bertz CT molecular complexity index is 521. The third-order valence-electron chi connectivity index (χ3n) is 3.29. The van der Waals surface area contributed by atoms with E-state index in [1.807, 2.05) is 24.8 Å². The van der Waals surface area contributed by atoms with Crippen LogP contribution >= 0.6 is 46.6 Å². The van der Waals surface area contributed by atoms with Gasteiger partial charge >= 0.3 is 0 Å². The lowest BCUT2D eigenvalue weighted by Crippen LogP contribution is -2.41. The minimum atomic E-state index is -0.566. The minimum Gasteiger partial charge on any atom is -0.325 e. The summed E-state index contributed by atoms with van der Waals surface area (Å²) in [6.45, 7) is 4.45. The number of hydrogen-bond acceptors (Lipinski definition) is 2. The van der Waals surface area contributed by atoms with Crippen molar-refractivity contribution in [2.75, 3.05) is 18.2 Å². The Morgan fingerprint density at radius 1 is 1.45 bits per heavy atom. The smallest absolute Gasteiger partial charge is 0.230 e. The highest BCUT2D eigenvalue weighted by Crippen LogP contribution is 2.43. The van der Waals surface area contributed by atoms with Gasteiger partial charge in [-0.3, -0.25) is 4.79 Å². The van der Waals surface area contributed by atoms with Crippen molar-refractivity contribution in [3.05, 3.63) is 33.8 Å². The highest BCUT2D eigenvalue weighted by Gasteiger charge is 2.38. The lowest BCUT2D eigenvalue weighted by molar-refractivity contribution is -0.139. The molecular formula is C14H16Cl3NOS. The lowest BCUT2D eigenvalue weighted by atomic mass is 9.94. The fourth-order valence-corrected chi connectivity index (χ4v) is 4.07. The predicted octanol–water partition coefficient (Wildman–Crippen LogP) is 4.83. The van der Waals surface area contributed by atoms with Gasteiger partial charge in [-0.1, -0.05) is 29.3 Å². The van der Waals surface area contributed by atoms with Gasteiger partial charge in [0.25, 0.3) is 0 Å². The number of thioether (sulfide) groups is 1. The summed E-state index contributed by atoms with van der Waals surface area (Å²) in [4.78, 5) is 14.5. The lowest BCUT2D eigenvalue weighted by Gasteiger charge is -2.31. The Labute approximate surface area is 138 Å². The van der Waals surface area contributed by atoms with E-state index >= 15 is 0 Å². The van der Waals surface area contributed by atoms with Crippen molar-refractivity contribution in [3.8, 4) is 0 Å². The first kappa shape index (κ1) is 16.3. The summed E-state index contributed by atoms with van der Waals surface area (Å²) in [5.41, 5.74) is 0.362. The normalized spacial score (nSPS) is 19.4. The topological polar surface area (TPSA) is 20.3 Å². The number of carbonyl (C=O) groups excluding carboxylic acids is 1. The summed E-state index contributed by atoms with van der Waals surface area (Å²) in [5, 5.41) is 1.13.